The van der Waals surface area contributed by atoms with Crippen molar-refractivity contribution in [3.63, 3.8) is 0 Å². The van der Waals surface area contributed by atoms with Crippen LogP contribution in [-0.2, 0) is 11.3 Å². The highest BCUT2D eigenvalue weighted by molar-refractivity contribution is 5.68. The second-order valence-electron chi connectivity index (χ2n) is 4.54. The average Bonchev–Trinajstić information content (AvgIpc) is 2.86. The van der Waals surface area contributed by atoms with Crippen molar-refractivity contribution in [2.75, 3.05) is 13.2 Å². The molecule has 1 heterocycles. The third kappa shape index (κ3) is 3.23. The molecule has 0 unspecified atom stereocenters. The Labute approximate surface area is 107 Å². The molecular formula is C14H19NO3. The Morgan fingerprint density at radius 2 is 2.17 bits per heavy atom. The molecule has 0 aliphatic carbocycles. The number of carbonyl (C=O) groups is 1. The number of aliphatic hydroxyl groups excluding tert-OH is 1. The Morgan fingerprint density at radius 1 is 1.39 bits per heavy atom. The highest BCUT2D eigenvalue weighted by atomic mass is 16.6. The molecule has 1 aliphatic heterocycles. The minimum Gasteiger partial charge on any atom is -0.445 e. The van der Waals surface area contributed by atoms with Gasteiger partial charge in [0.05, 0.1) is 0 Å². The van der Waals surface area contributed by atoms with Gasteiger partial charge in [0.25, 0.3) is 0 Å². The molecule has 4 heteroatoms. The maximum atomic E-state index is 11.9. The predicted molar refractivity (Wildman–Crippen MR) is 68.1 cm³/mol. The zero-order valence-corrected chi connectivity index (χ0v) is 10.4. The Morgan fingerprint density at radius 3 is 2.89 bits per heavy atom. The number of amides is 1. The molecule has 1 aromatic carbocycles. The summed E-state index contributed by atoms with van der Waals surface area (Å²) in [5, 5.41) is 8.96. The second kappa shape index (κ2) is 6.40. The van der Waals surface area contributed by atoms with Gasteiger partial charge in [0.15, 0.2) is 0 Å². The van der Waals surface area contributed by atoms with Gasteiger partial charge < -0.3 is 14.7 Å². The molecular weight excluding hydrogens is 230 g/mol. The van der Waals surface area contributed by atoms with Crippen molar-refractivity contribution in [2.45, 2.75) is 31.9 Å². The van der Waals surface area contributed by atoms with Crippen molar-refractivity contribution in [3.8, 4) is 0 Å². The summed E-state index contributed by atoms with van der Waals surface area (Å²) in [6, 6.07) is 9.79. The first-order valence-corrected chi connectivity index (χ1v) is 6.39. The van der Waals surface area contributed by atoms with Gasteiger partial charge >= 0.3 is 6.09 Å². The molecule has 1 fully saturated rings. The van der Waals surface area contributed by atoms with Gasteiger partial charge in [-0.2, -0.15) is 0 Å². The molecule has 18 heavy (non-hydrogen) atoms. The lowest BCUT2D eigenvalue weighted by Gasteiger charge is -2.23. The van der Waals surface area contributed by atoms with E-state index in [-0.39, 0.29) is 18.7 Å². The van der Waals surface area contributed by atoms with Crippen LogP contribution in [0.25, 0.3) is 0 Å². The number of rotatable bonds is 4. The molecule has 1 atom stereocenters. The molecule has 4 nitrogen and oxygen atoms in total. The monoisotopic (exact) mass is 249 g/mol. The van der Waals surface area contributed by atoms with Crippen LogP contribution in [0.5, 0.6) is 0 Å². The van der Waals surface area contributed by atoms with Crippen molar-refractivity contribution < 1.29 is 14.6 Å². The van der Waals surface area contributed by atoms with E-state index in [1.54, 1.807) is 4.90 Å². The van der Waals surface area contributed by atoms with E-state index in [0.29, 0.717) is 13.0 Å². The van der Waals surface area contributed by atoms with E-state index < -0.39 is 0 Å². The first kappa shape index (κ1) is 12.9. The largest absolute Gasteiger partial charge is 0.445 e. The van der Waals surface area contributed by atoms with Crippen molar-refractivity contribution >= 4 is 6.09 Å². The summed E-state index contributed by atoms with van der Waals surface area (Å²) in [6.45, 7) is 1.16. The molecule has 0 spiro atoms. The van der Waals surface area contributed by atoms with Crippen LogP contribution >= 0.6 is 0 Å². The third-order valence-electron chi connectivity index (χ3n) is 3.28. The van der Waals surface area contributed by atoms with Crippen molar-refractivity contribution in [1.29, 1.82) is 0 Å². The van der Waals surface area contributed by atoms with Crippen LogP contribution in [0.3, 0.4) is 0 Å². The lowest BCUT2D eigenvalue weighted by molar-refractivity contribution is 0.0875. The Kier molecular flexibility index (Phi) is 4.59. The van der Waals surface area contributed by atoms with E-state index in [1.807, 2.05) is 30.3 Å². The molecule has 1 saturated heterocycles. The van der Waals surface area contributed by atoms with E-state index in [9.17, 15) is 4.79 Å². The van der Waals surface area contributed by atoms with Crippen molar-refractivity contribution in [2.24, 2.45) is 0 Å². The molecule has 1 aliphatic rings. The summed E-state index contributed by atoms with van der Waals surface area (Å²) in [7, 11) is 0. The van der Waals surface area contributed by atoms with E-state index in [2.05, 4.69) is 0 Å². The van der Waals surface area contributed by atoms with Crippen LogP contribution in [0.4, 0.5) is 4.79 Å². The molecule has 1 aromatic rings. The van der Waals surface area contributed by atoms with Gasteiger partial charge in [-0.05, 0) is 24.8 Å². The second-order valence-corrected chi connectivity index (χ2v) is 4.54. The normalized spacial score (nSPS) is 18.9. The fourth-order valence-corrected chi connectivity index (χ4v) is 2.33. The van der Waals surface area contributed by atoms with Gasteiger partial charge in [-0.15, -0.1) is 0 Å². The molecule has 0 saturated carbocycles. The SMILES string of the molecule is O=C(OCc1ccccc1)N1CCC[C@H]1CCO. The van der Waals surface area contributed by atoms with Crippen LogP contribution in [0, 0.1) is 0 Å². The van der Waals surface area contributed by atoms with Crippen molar-refractivity contribution in [3.05, 3.63) is 35.9 Å². The lowest BCUT2D eigenvalue weighted by Crippen LogP contribution is -2.36. The van der Waals surface area contributed by atoms with Crippen LogP contribution in [0.1, 0.15) is 24.8 Å². The fraction of sp³-hybridized carbons (Fsp3) is 0.500. The standard InChI is InChI=1S/C14H19NO3/c16-10-8-13-7-4-9-15(13)14(17)18-11-12-5-2-1-3-6-12/h1-3,5-6,13,16H,4,7-11H2/t13-/m0/s1. The molecule has 0 bridgehead atoms. The summed E-state index contributed by atoms with van der Waals surface area (Å²) in [5.41, 5.74) is 0.990. The Hall–Kier alpha value is -1.55. The smallest absolute Gasteiger partial charge is 0.410 e. The van der Waals surface area contributed by atoms with E-state index in [4.69, 9.17) is 9.84 Å². The van der Waals surface area contributed by atoms with Crippen LogP contribution in [-0.4, -0.2) is 35.3 Å². The summed E-state index contributed by atoms with van der Waals surface area (Å²) in [4.78, 5) is 13.7. The number of carbonyl (C=O) groups excluding carboxylic acids is 1. The van der Waals surface area contributed by atoms with E-state index >= 15 is 0 Å². The number of nitrogens with zero attached hydrogens (tertiary/aromatic N) is 1. The number of hydrogen-bond donors (Lipinski definition) is 1. The summed E-state index contributed by atoms with van der Waals surface area (Å²) in [5.74, 6) is 0. The molecule has 0 aromatic heterocycles. The zero-order valence-electron chi connectivity index (χ0n) is 10.4. The topological polar surface area (TPSA) is 49.8 Å². The van der Waals surface area contributed by atoms with Crippen LogP contribution < -0.4 is 0 Å². The van der Waals surface area contributed by atoms with Gasteiger partial charge in [0, 0.05) is 19.2 Å². The zero-order chi connectivity index (χ0) is 12.8. The third-order valence-corrected chi connectivity index (χ3v) is 3.28. The maximum Gasteiger partial charge on any atom is 0.410 e. The maximum absolute atomic E-state index is 11.9. The molecule has 2 rings (SSSR count). The number of benzene rings is 1. The number of ether oxygens (including phenoxy) is 1. The van der Waals surface area contributed by atoms with Crippen molar-refractivity contribution in [1.82, 2.24) is 4.90 Å². The highest BCUT2D eigenvalue weighted by Gasteiger charge is 2.29. The first-order valence-electron chi connectivity index (χ1n) is 6.39. The summed E-state index contributed by atoms with van der Waals surface area (Å²) < 4.78 is 5.29. The first-order chi connectivity index (χ1) is 8.81. The Balaban J connectivity index is 1.84. The summed E-state index contributed by atoms with van der Waals surface area (Å²) >= 11 is 0. The highest BCUT2D eigenvalue weighted by Crippen LogP contribution is 2.21. The van der Waals surface area contributed by atoms with Crippen LogP contribution in [0.15, 0.2) is 30.3 Å². The average molecular weight is 249 g/mol. The van der Waals surface area contributed by atoms with Crippen LogP contribution in [0.2, 0.25) is 0 Å². The van der Waals surface area contributed by atoms with E-state index in [0.717, 1.165) is 24.9 Å². The van der Waals surface area contributed by atoms with Gasteiger partial charge in [-0.3, -0.25) is 0 Å². The van der Waals surface area contributed by atoms with Gasteiger partial charge in [-0.25, -0.2) is 4.79 Å². The van der Waals surface area contributed by atoms with Gasteiger partial charge in [0.1, 0.15) is 6.61 Å². The van der Waals surface area contributed by atoms with Gasteiger partial charge in [-0.1, -0.05) is 30.3 Å². The molecule has 0 radical (unpaired) electrons. The number of hydrogen-bond acceptors (Lipinski definition) is 3. The summed E-state index contributed by atoms with van der Waals surface area (Å²) in [6.07, 6.45) is 2.32. The number of likely N-dealkylation sites (tertiary alicyclic amines) is 1. The van der Waals surface area contributed by atoms with Gasteiger partial charge in [0.2, 0.25) is 0 Å². The molecule has 1 amide bonds. The quantitative estimate of drug-likeness (QED) is 0.889. The molecule has 1 N–H and O–H groups in total. The Bertz CT molecular complexity index is 380. The van der Waals surface area contributed by atoms with E-state index in [1.165, 1.54) is 0 Å². The predicted octanol–water partition coefficient (Wildman–Crippen LogP) is 2.17. The minimum atomic E-state index is -0.269. The lowest BCUT2D eigenvalue weighted by atomic mass is 10.1. The minimum absolute atomic E-state index is 0.118. The molecule has 98 valence electrons. The fourth-order valence-electron chi connectivity index (χ4n) is 2.33. The number of aliphatic hydroxyl groups is 1.